The minimum Gasteiger partial charge on any atom is -0.0878 e. The van der Waals surface area contributed by atoms with Crippen LogP contribution in [-0.2, 0) is 0 Å². The van der Waals surface area contributed by atoms with Gasteiger partial charge in [0, 0.05) is 5.66 Å². The average Bonchev–Trinajstić information content (AvgIpc) is 2.93. The summed E-state index contributed by atoms with van der Waals surface area (Å²) in [6, 6.07) is 11.1. The van der Waals surface area contributed by atoms with Crippen LogP contribution in [-0.4, -0.2) is 11.3 Å². The Morgan fingerprint density at radius 3 is 2.69 bits per heavy atom. The van der Waals surface area contributed by atoms with E-state index < -0.39 is 0 Å². The number of allylic oxidation sites excluding steroid dienone is 2. The van der Waals surface area contributed by atoms with Crippen molar-refractivity contribution in [1.29, 1.82) is 0 Å². The van der Waals surface area contributed by atoms with Gasteiger partial charge in [0.1, 0.15) is 0 Å². The summed E-state index contributed by atoms with van der Waals surface area (Å²) in [5.74, 6) is 0. The Kier molecular flexibility index (Phi) is 1.77. The molecule has 0 bridgehead atoms. The van der Waals surface area contributed by atoms with Crippen LogP contribution in [0.4, 0.5) is 0 Å². The van der Waals surface area contributed by atoms with Crippen molar-refractivity contribution < 1.29 is 0 Å². The molecule has 0 amide bonds. The first-order valence-electron chi connectivity index (χ1n) is 4.97. The fourth-order valence-corrected chi connectivity index (χ4v) is 5.33. The first-order chi connectivity index (χ1) is 6.47. The summed E-state index contributed by atoms with van der Waals surface area (Å²) in [5, 5.41) is 1.61. The van der Waals surface area contributed by atoms with Gasteiger partial charge < -0.3 is 0 Å². The van der Waals surface area contributed by atoms with Crippen molar-refractivity contribution in [3.63, 3.8) is 0 Å². The summed E-state index contributed by atoms with van der Waals surface area (Å²) in [7, 11) is 0.203. The molecule has 66 valence electrons. The summed E-state index contributed by atoms with van der Waals surface area (Å²) in [4.78, 5) is 0. The standard InChI is InChI=1S/C12H13P/c1-2-6-10(7-3-1)13-11-8-4-5-9-12(11)13/h1-4,6-8,11-12H,5,9H2/t11-,12+,13-/m0/s1. The van der Waals surface area contributed by atoms with Gasteiger partial charge in [-0.15, -0.1) is 0 Å². The molecular formula is C12H13P. The second-order valence-electron chi connectivity index (χ2n) is 3.81. The van der Waals surface area contributed by atoms with Crippen molar-refractivity contribution in [3.05, 3.63) is 42.5 Å². The molecule has 1 heteroatoms. The largest absolute Gasteiger partial charge is 0.0878 e. The van der Waals surface area contributed by atoms with E-state index in [0.29, 0.717) is 0 Å². The number of hydrogen-bond acceptors (Lipinski definition) is 0. The lowest BCUT2D eigenvalue weighted by Crippen LogP contribution is -1.94. The SMILES string of the molecule is C1=C[C@H]2[C@@H](CC1)[P@@]2c1ccccc1. The van der Waals surface area contributed by atoms with Crippen molar-refractivity contribution in [2.75, 3.05) is 0 Å². The van der Waals surface area contributed by atoms with Gasteiger partial charge in [-0.25, -0.2) is 0 Å². The number of hydrogen-bond donors (Lipinski definition) is 0. The average molecular weight is 188 g/mol. The topological polar surface area (TPSA) is 0 Å². The quantitative estimate of drug-likeness (QED) is 0.469. The minimum atomic E-state index is 0.203. The molecule has 13 heavy (non-hydrogen) atoms. The van der Waals surface area contributed by atoms with Crippen LogP contribution >= 0.6 is 7.92 Å². The molecule has 1 fully saturated rings. The monoisotopic (exact) mass is 188 g/mol. The molecule has 1 aromatic carbocycles. The van der Waals surface area contributed by atoms with E-state index in [9.17, 15) is 0 Å². The van der Waals surface area contributed by atoms with Gasteiger partial charge in [-0.3, -0.25) is 0 Å². The van der Waals surface area contributed by atoms with E-state index >= 15 is 0 Å². The third kappa shape index (κ3) is 1.25. The van der Waals surface area contributed by atoms with Crippen LogP contribution in [0.15, 0.2) is 42.5 Å². The molecule has 1 aliphatic heterocycles. The Morgan fingerprint density at radius 2 is 2.00 bits per heavy atom. The Bertz CT molecular complexity index is 328. The molecule has 1 saturated heterocycles. The third-order valence-electron chi connectivity index (χ3n) is 3.00. The summed E-state index contributed by atoms with van der Waals surface area (Å²) in [6.07, 6.45) is 7.56. The molecule has 3 atom stereocenters. The normalized spacial score (nSPS) is 35.5. The lowest BCUT2D eigenvalue weighted by molar-refractivity contribution is 0.820. The van der Waals surface area contributed by atoms with Gasteiger partial charge in [-0.2, -0.15) is 0 Å². The van der Waals surface area contributed by atoms with Gasteiger partial charge in [-0.05, 0) is 23.8 Å². The molecule has 2 aliphatic rings. The molecule has 0 saturated carbocycles. The molecule has 0 nitrogen and oxygen atoms in total. The van der Waals surface area contributed by atoms with Crippen molar-refractivity contribution in [2.24, 2.45) is 0 Å². The first-order valence-corrected chi connectivity index (χ1v) is 6.45. The molecule has 0 N–H and O–H groups in total. The molecule has 0 unspecified atom stereocenters. The second kappa shape index (κ2) is 2.96. The van der Waals surface area contributed by atoms with E-state index in [2.05, 4.69) is 42.5 Å². The van der Waals surface area contributed by atoms with Gasteiger partial charge in [0.25, 0.3) is 0 Å². The van der Waals surface area contributed by atoms with Crippen LogP contribution in [0.25, 0.3) is 0 Å². The van der Waals surface area contributed by atoms with Gasteiger partial charge >= 0.3 is 0 Å². The molecule has 3 rings (SSSR count). The van der Waals surface area contributed by atoms with Crippen LogP contribution in [0.2, 0.25) is 0 Å². The van der Waals surface area contributed by atoms with E-state index in [1.54, 1.807) is 5.30 Å². The predicted molar refractivity (Wildman–Crippen MR) is 58.9 cm³/mol. The number of rotatable bonds is 1. The van der Waals surface area contributed by atoms with Crippen LogP contribution in [0.3, 0.4) is 0 Å². The van der Waals surface area contributed by atoms with Gasteiger partial charge in [-0.1, -0.05) is 50.4 Å². The fourth-order valence-electron chi connectivity index (χ4n) is 2.30. The summed E-state index contributed by atoms with van der Waals surface area (Å²) in [5.41, 5.74) is 1.97. The molecule has 0 aromatic heterocycles. The lowest BCUT2D eigenvalue weighted by atomic mass is 10.1. The Balaban J connectivity index is 1.87. The van der Waals surface area contributed by atoms with E-state index in [1.807, 2.05) is 0 Å². The Hall–Kier alpha value is -0.610. The zero-order valence-corrected chi connectivity index (χ0v) is 8.45. The molecular weight excluding hydrogens is 175 g/mol. The van der Waals surface area contributed by atoms with Gasteiger partial charge in [0.2, 0.25) is 0 Å². The van der Waals surface area contributed by atoms with E-state index in [-0.39, 0.29) is 7.92 Å². The van der Waals surface area contributed by atoms with E-state index in [4.69, 9.17) is 0 Å². The zero-order chi connectivity index (χ0) is 8.67. The smallest absolute Gasteiger partial charge is 0.00842 e. The fraction of sp³-hybridized carbons (Fsp3) is 0.333. The van der Waals surface area contributed by atoms with Crippen LogP contribution < -0.4 is 5.30 Å². The van der Waals surface area contributed by atoms with Gasteiger partial charge in [0.15, 0.2) is 0 Å². The molecule has 1 heterocycles. The molecule has 1 aromatic rings. The highest BCUT2D eigenvalue weighted by atomic mass is 31.1. The highest BCUT2D eigenvalue weighted by Gasteiger charge is 2.48. The Labute approximate surface area is 80.4 Å². The van der Waals surface area contributed by atoms with E-state index in [1.165, 1.54) is 12.8 Å². The van der Waals surface area contributed by atoms with Crippen molar-refractivity contribution in [2.45, 2.75) is 24.2 Å². The van der Waals surface area contributed by atoms with Crippen molar-refractivity contribution in [3.8, 4) is 0 Å². The van der Waals surface area contributed by atoms with Crippen molar-refractivity contribution >= 4 is 13.2 Å². The van der Waals surface area contributed by atoms with Crippen molar-refractivity contribution in [1.82, 2.24) is 0 Å². The van der Waals surface area contributed by atoms with Crippen LogP contribution in [0.5, 0.6) is 0 Å². The molecule has 0 radical (unpaired) electrons. The zero-order valence-electron chi connectivity index (χ0n) is 7.56. The van der Waals surface area contributed by atoms with E-state index in [0.717, 1.165) is 11.3 Å². The first kappa shape index (κ1) is 7.76. The third-order valence-corrected chi connectivity index (χ3v) is 6.02. The lowest BCUT2D eigenvalue weighted by Gasteiger charge is -1.97. The van der Waals surface area contributed by atoms with Gasteiger partial charge in [0.05, 0.1) is 0 Å². The summed E-state index contributed by atoms with van der Waals surface area (Å²) >= 11 is 0. The molecule has 0 spiro atoms. The second-order valence-corrected chi connectivity index (χ2v) is 6.40. The maximum atomic E-state index is 2.45. The minimum absolute atomic E-state index is 0.203. The number of fused-ring (bicyclic) bond motifs is 1. The van der Waals surface area contributed by atoms with Crippen LogP contribution in [0, 0.1) is 0 Å². The number of benzene rings is 1. The van der Waals surface area contributed by atoms with Crippen LogP contribution in [0.1, 0.15) is 12.8 Å². The maximum absolute atomic E-state index is 2.45. The molecule has 1 aliphatic carbocycles. The summed E-state index contributed by atoms with van der Waals surface area (Å²) in [6.45, 7) is 0. The Morgan fingerprint density at radius 1 is 1.15 bits per heavy atom. The highest BCUT2D eigenvalue weighted by Crippen LogP contribution is 2.68. The predicted octanol–water partition coefficient (Wildman–Crippen LogP) is 2.89. The maximum Gasteiger partial charge on any atom is 0.00842 e. The summed E-state index contributed by atoms with van der Waals surface area (Å²) < 4.78 is 0. The highest BCUT2D eigenvalue weighted by molar-refractivity contribution is 7.74.